The van der Waals surface area contributed by atoms with Gasteiger partial charge < -0.3 is 9.84 Å². The molecule has 1 N–H and O–H groups in total. The number of ether oxygens (including phenoxy) is 1. The van der Waals surface area contributed by atoms with E-state index < -0.39 is 11.9 Å². The predicted molar refractivity (Wildman–Crippen MR) is 82.9 cm³/mol. The van der Waals surface area contributed by atoms with Gasteiger partial charge in [-0.1, -0.05) is 29.8 Å². The molecule has 1 aliphatic heterocycles. The van der Waals surface area contributed by atoms with E-state index in [0.717, 1.165) is 22.4 Å². The van der Waals surface area contributed by atoms with Gasteiger partial charge in [0.05, 0.1) is 5.92 Å². The third-order valence-corrected chi connectivity index (χ3v) is 3.77. The Morgan fingerprint density at radius 3 is 2.38 bits per heavy atom. The molecular weight excluding hydrogens is 288 g/mol. The van der Waals surface area contributed by atoms with Crippen LogP contribution in [-0.4, -0.2) is 11.1 Å². The molecule has 3 nitrogen and oxygen atoms in total. The van der Waals surface area contributed by atoms with Crippen molar-refractivity contribution in [3.05, 3.63) is 58.1 Å². The van der Waals surface area contributed by atoms with Gasteiger partial charge in [0.15, 0.2) is 0 Å². The van der Waals surface area contributed by atoms with Gasteiger partial charge in [0.2, 0.25) is 0 Å². The van der Waals surface area contributed by atoms with E-state index in [2.05, 4.69) is 0 Å². The molecule has 0 bridgehead atoms. The number of halogens is 1. The molecular formula is C17H13ClO3. The molecule has 0 radical (unpaired) electrons. The van der Waals surface area contributed by atoms with Crippen LogP contribution in [0.1, 0.15) is 29.5 Å². The van der Waals surface area contributed by atoms with E-state index in [-0.39, 0.29) is 0 Å². The Morgan fingerprint density at radius 1 is 1.10 bits per heavy atom. The van der Waals surface area contributed by atoms with Crippen molar-refractivity contribution in [2.24, 2.45) is 0 Å². The van der Waals surface area contributed by atoms with Crippen LogP contribution in [0.4, 0.5) is 0 Å². The van der Waals surface area contributed by atoms with E-state index in [1.807, 2.05) is 30.4 Å². The quantitative estimate of drug-likeness (QED) is 0.739. The average molecular weight is 301 g/mol. The second kappa shape index (κ2) is 5.26. The summed E-state index contributed by atoms with van der Waals surface area (Å²) >= 11 is 5.99. The summed E-state index contributed by atoms with van der Waals surface area (Å²) in [7, 11) is 0. The van der Waals surface area contributed by atoms with Gasteiger partial charge in [0, 0.05) is 16.1 Å². The van der Waals surface area contributed by atoms with Gasteiger partial charge in [-0.05, 0) is 42.8 Å². The molecule has 106 valence electrons. The molecule has 1 atom stereocenters. The van der Waals surface area contributed by atoms with Crippen molar-refractivity contribution in [3.63, 3.8) is 0 Å². The zero-order chi connectivity index (χ0) is 15.0. The molecule has 1 aliphatic rings. The van der Waals surface area contributed by atoms with Crippen LogP contribution in [-0.2, 0) is 4.79 Å². The Labute approximate surface area is 127 Å². The molecule has 0 amide bonds. The van der Waals surface area contributed by atoms with Gasteiger partial charge in [-0.15, -0.1) is 0 Å². The number of fused-ring (bicyclic) bond motifs is 2. The fraction of sp³-hybridized carbons (Fsp3) is 0.118. The molecule has 0 aliphatic carbocycles. The number of carbonyl (C=O) groups is 1. The van der Waals surface area contributed by atoms with Crippen molar-refractivity contribution in [1.82, 2.24) is 0 Å². The van der Waals surface area contributed by atoms with E-state index in [4.69, 9.17) is 21.4 Å². The summed E-state index contributed by atoms with van der Waals surface area (Å²) in [5, 5.41) is 9.75. The summed E-state index contributed by atoms with van der Waals surface area (Å²) in [4.78, 5) is 11.1. The van der Waals surface area contributed by atoms with Crippen LogP contribution in [0.3, 0.4) is 0 Å². The number of benzene rings is 2. The van der Waals surface area contributed by atoms with Gasteiger partial charge in [0.25, 0.3) is 0 Å². The number of hydrogen-bond acceptors (Lipinski definition) is 2. The van der Waals surface area contributed by atoms with Gasteiger partial charge in [0.1, 0.15) is 11.5 Å². The normalized spacial score (nSPS) is 13.6. The van der Waals surface area contributed by atoms with E-state index in [9.17, 15) is 4.79 Å². The SMILES string of the molecule is CC(C(=O)O)c1ccc2c(c1)C=Cc1cc(Cl)ccc1O2. The summed E-state index contributed by atoms with van der Waals surface area (Å²) in [6.07, 6.45) is 3.83. The van der Waals surface area contributed by atoms with Crippen molar-refractivity contribution in [3.8, 4) is 11.5 Å². The number of rotatable bonds is 2. The van der Waals surface area contributed by atoms with Crippen LogP contribution in [0, 0.1) is 0 Å². The maximum atomic E-state index is 11.1. The van der Waals surface area contributed by atoms with Crippen LogP contribution in [0.2, 0.25) is 5.02 Å². The van der Waals surface area contributed by atoms with E-state index in [1.165, 1.54) is 0 Å². The minimum absolute atomic E-state index is 0.552. The fourth-order valence-corrected chi connectivity index (χ4v) is 2.42. The zero-order valence-electron chi connectivity index (χ0n) is 11.3. The average Bonchev–Trinajstić information content (AvgIpc) is 2.64. The lowest BCUT2D eigenvalue weighted by Gasteiger charge is -2.12. The van der Waals surface area contributed by atoms with Crippen molar-refractivity contribution >= 4 is 29.7 Å². The van der Waals surface area contributed by atoms with Crippen LogP contribution >= 0.6 is 11.6 Å². The number of carboxylic acid groups (broad SMARTS) is 1. The van der Waals surface area contributed by atoms with Crippen molar-refractivity contribution < 1.29 is 14.6 Å². The summed E-state index contributed by atoms with van der Waals surface area (Å²) < 4.78 is 5.88. The standard InChI is InChI=1S/C17H13ClO3/c1-10(17(19)20)11-4-6-15-12(8-11)2-3-13-9-14(18)5-7-16(13)21-15/h2-10H,1H3,(H,19,20). The number of aliphatic carboxylic acids is 1. The van der Waals surface area contributed by atoms with Crippen molar-refractivity contribution in [1.29, 1.82) is 0 Å². The Kier molecular flexibility index (Phi) is 3.43. The lowest BCUT2D eigenvalue weighted by molar-refractivity contribution is -0.138. The second-order valence-electron chi connectivity index (χ2n) is 4.97. The monoisotopic (exact) mass is 300 g/mol. The highest BCUT2D eigenvalue weighted by atomic mass is 35.5. The van der Waals surface area contributed by atoms with Crippen LogP contribution < -0.4 is 4.74 Å². The van der Waals surface area contributed by atoms with Gasteiger partial charge in [-0.3, -0.25) is 4.79 Å². The van der Waals surface area contributed by atoms with Crippen LogP contribution in [0.5, 0.6) is 11.5 Å². The highest BCUT2D eigenvalue weighted by Gasteiger charge is 2.17. The van der Waals surface area contributed by atoms with Gasteiger partial charge >= 0.3 is 5.97 Å². The molecule has 2 aromatic rings. The Morgan fingerprint density at radius 2 is 1.71 bits per heavy atom. The minimum atomic E-state index is -0.844. The molecule has 0 fully saturated rings. The first kappa shape index (κ1) is 13.7. The molecule has 0 aromatic heterocycles. The summed E-state index contributed by atoms with van der Waals surface area (Å²) in [6, 6.07) is 10.9. The molecule has 0 spiro atoms. The molecule has 2 aromatic carbocycles. The summed E-state index contributed by atoms with van der Waals surface area (Å²) in [6.45, 7) is 1.67. The molecule has 4 heteroatoms. The summed E-state index contributed by atoms with van der Waals surface area (Å²) in [5.74, 6) is 0.0365. The maximum Gasteiger partial charge on any atom is 0.310 e. The first-order valence-corrected chi connectivity index (χ1v) is 6.94. The molecule has 0 saturated heterocycles. The third kappa shape index (κ3) is 2.65. The molecule has 1 unspecified atom stereocenters. The first-order chi connectivity index (χ1) is 10.0. The Balaban J connectivity index is 2.04. The zero-order valence-corrected chi connectivity index (χ0v) is 12.1. The third-order valence-electron chi connectivity index (χ3n) is 3.54. The number of hydrogen-bond donors (Lipinski definition) is 1. The van der Waals surface area contributed by atoms with Crippen molar-refractivity contribution in [2.75, 3.05) is 0 Å². The van der Waals surface area contributed by atoms with E-state index in [0.29, 0.717) is 10.8 Å². The van der Waals surface area contributed by atoms with Gasteiger partial charge in [-0.25, -0.2) is 0 Å². The minimum Gasteiger partial charge on any atom is -0.481 e. The largest absolute Gasteiger partial charge is 0.481 e. The van der Waals surface area contributed by atoms with Crippen LogP contribution in [0.25, 0.3) is 12.2 Å². The summed E-state index contributed by atoms with van der Waals surface area (Å²) in [5.41, 5.74) is 2.50. The highest BCUT2D eigenvalue weighted by molar-refractivity contribution is 6.30. The molecule has 21 heavy (non-hydrogen) atoms. The smallest absolute Gasteiger partial charge is 0.310 e. The highest BCUT2D eigenvalue weighted by Crippen LogP contribution is 2.36. The van der Waals surface area contributed by atoms with E-state index >= 15 is 0 Å². The Hall–Kier alpha value is -2.26. The lowest BCUT2D eigenvalue weighted by Crippen LogP contribution is -2.07. The lowest BCUT2D eigenvalue weighted by atomic mass is 9.98. The first-order valence-electron chi connectivity index (χ1n) is 6.57. The van der Waals surface area contributed by atoms with Crippen molar-refractivity contribution in [2.45, 2.75) is 12.8 Å². The van der Waals surface area contributed by atoms with Gasteiger partial charge in [-0.2, -0.15) is 0 Å². The topological polar surface area (TPSA) is 46.5 Å². The van der Waals surface area contributed by atoms with E-state index in [1.54, 1.807) is 25.1 Å². The maximum absolute atomic E-state index is 11.1. The second-order valence-corrected chi connectivity index (χ2v) is 5.41. The molecule has 0 saturated carbocycles. The molecule has 1 heterocycles. The fourth-order valence-electron chi connectivity index (χ4n) is 2.24. The van der Waals surface area contributed by atoms with Crippen LogP contribution in [0.15, 0.2) is 36.4 Å². The molecule has 3 rings (SSSR count). The number of carboxylic acids is 1. The predicted octanol–water partition coefficient (Wildman–Crippen LogP) is 4.80. The Bertz CT molecular complexity index is 750.